The van der Waals surface area contributed by atoms with E-state index >= 15 is 0 Å². The molecule has 0 aliphatic heterocycles. The van der Waals surface area contributed by atoms with Crippen LogP contribution in [0.3, 0.4) is 0 Å². The van der Waals surface area contributed by atoms with E-state index in [9.17, 15) is 0 Å². The molecule has 0 bridgehead atoms. The van der Waals surface area contributed by atoms with Crippen molar-refractivity contribution in [3.05, 3.63) is 12.3 Å². The molecule has 0 amide bonds. The fraction of sp³-hybridized carbons (Fsp3) is 0. The van der Waals surface area contributed by atoms with Crippen LogP contribution in [0, 0.1) is 0 Å². The maximum atomic E-state index is 6.54. The lowest BCUT2D eigenvalue weighted by atomic mass is 10.5. The minimum Gasteiger partial charge on any atom is -0.397 e. The van der Waals surface area contributed by atoms with Gasteiger partial charge in [-0.15, -0.1) is 0 Å². The highest BCUT2D eigenvalue weighted by atomic mass is 32.1. The van der Waals surface area contributed by atoms with Crippen molar-refractivity contribution in [2.75, 3.05) is 0 Å². The number of nitrogens with two attached hydrogens (primary N) is 1. The first-order chi connectivity index (χ1) is 2.64. The van der Waals surface area contributed by atoms with Crippen LogP contribution in [0.25, 0.3) is 0 Å². The van der Waals surface area contributed by atoms with E-state index in [1.807, 2.05) is 0 Å². The lowest BCUT2D eigenvalue weighted by Gasteiger charge is -1.85. The van der Waals surface area contributed by atoms with Crippen LogP contribution >= 0.6 is 12.2 Å². The smallest absolute Gasteiger partial charge is 0.140 e. The Morgan fingerprint density at radius 2 is 2.00 bits per heavy atom. The predicted octanol–water partition coefficient (Wildman–Crippen LogP) is 0.0691. The summed E-state index contributed by atoms with van der Waals surface area (Å²) in [7, 11) is 0. The Balaban J connectivity index is 3.57. The molecule has 0 spiro atoms. The third kappa shape index (κ3) is 1.72. The van der Waals surface area contributed by atoms with Crippen molar-refractivity contribution in [2.45, 2.75) is 0 Å². The zero-order valence-corrected chi connectivity index (χ0v) is 4.01. The molecule has 0 fully saturated rings. The monoisotopic (exact) mass is 101 g/mol. The van der Waals surface area contributed by atoms with Gasteiger partial charge in [-0.3, -0.25) is 5.73 Å². The highest BCUT2D eigenvalue weighted by Crippen LogP contribution is 1.74. The normalized spacial score (nSPS) is 7.33. The van der Waals surface area contributed by atoms with Gasteiger partial charge in [0.05, 0.1) is 5.70 Å². The molecular weight excluding hydrogens is 96.1 g/mol. The van der Waals surface area contributed by atoms with Crippen LogP contribution in [0.15, 0.2) is 12.3 Å². The van der Waals surface area contributed by atoms with Crippen LogP contribution in [0.2, 0.25) is 0 Å². The lowest BCUT2D eigenvalue weighted by molar-refractivity contribution is 1.48. The van der Waals surface area contributed by atoms with Crippen LogP contribution < -0.4 is 11.5 Å². The first kappa shape index (κ1) is 5.43. The second-order valence-corrected chi connectivity index (χ2v) is 1.26. The Labute approximate surface area is 41.8 Å². The molecule has 33 valence electrons. The van der Waals surface area contributed by atoms with Gasteiger partial charge in [-0.1, -0.05) is 18.8 Å². The Bertz CT molecular complexity index is 74.8. The van der Waals surface area contributed by atoms with E-state index < -0.39 is 0 Å². The van der Waals surface area contributed by atoms with Gasteiger partial charge in [0.25, 0.3) is 0 Å². The fourth-order valence-corrected chi connectivity index (χ4v) is 0. The summed E-state index contributed by atoms with van der Waals surface area (Å²) in [4.78, 5) is -0.0741. The number of thiocarbonyl (C=S) groups is 1. The predicted molar refractivity (Wildman–Crippen MR) is 29.0 cm³/mol. The summed E-state index contributed by atoms with van der Waals surface area (Å²) in [5.74, 6) is 0. The number of nitrogens with one attached hydrogen (secondary N) is 1. The van der Waals surface area contributed by atoms with E-state index in [4.69, 9.17) is 11.5 Å². The van der Waals surface area contributed by atoms with E-state index in [0.717, 1.165) is 0 Å². The van der Waals surface area contributed by atoms with Crippen molar-refractivity contribution in [1.82, 2.24) is 5.73 Å². The molecule has 0 unspecified atom stereocenters. The Morgan fingerprint density at radius 3 is 2.00 bits per heavy atom. The highest BCUT2D eigenvalue weighted by Gasteiger charge is 1.83. The molecule has 0 saturated heterocycles. The van der Waals surface area contributed by atoms with Crippen LogP contribution in [0.1, 0.15) is 0 Å². The standard InChI is InChI=1S/C3H5N2S/c1-2(4)3(5)6/h5H,1,4H2. The average molecular weight is 101 g/mol. The van der Waals surface area contributed by atoms with Gasteiger partial charge in [0.2, 0.25) is 0 Å². The van der Waals surface area contributed by atoms with Gasteiger partial charge in [0, 0.05) is 0 Å². The van der Waals surface area contributed by atoms with Crippen molar-refractivity contribution < 1.29 is 0 Å². The Hall–Kier alpha value is -0.570. The molecule has 3 heteroatoms. The van der Waals surface area contributed by atoms with E-state index in [2.05, 4.69) is 18.8 Å². The molecule has 0 heterocycles. The van der Waals surface area contributed by atoms with Crippen molar-refractivity contribution >= 4 is 17.2 Å². The third-order valence-electron chi connectivity index (χ3n) is 0.292. The molecule has 0 atom stereocenters. The van der Waals surface area contributed by atoms with E-state index in [1.165, 1.54) is 0 Å². The van der Waals surface area contributed by atoms with Crippen LogP contribution in [0.4, 0.5) is 0 Å². The molecule has 0 aromatic rings. The minimum absolute atomic E-state index is 0.0741. The minimum atomic E-state index is -0.0741. The summed E-state index contributed by atoms with van der Waals surface area (Å²) < 4.78 is 0. The summed E-state index contributed by atoms with van der Waals surface area (Å²) in [5.41, 5.74) is 11.6. The maximum Gasteiger partial charge on any atom is 0.140 e. The number of hydrogen-bond donors (Lipinski definition) is 1. The average Bonchev–Trinajstić information content (AvgIpc) is 1.36. The topological polar surface area (TPSA) is 49.8 Å². The summed E-state index contributed by atoms with van der Waals surface area (Å²) in [5, 5.41) is 0. The van der Waals surface area contributed by atoms with Crippen LogP contribution in [-0.4, -0.2) is 4.99 Å². The van der Waals surface area contributed by atoms with Gasteiger partial charge in [-0.2, -0.15) is 0 Å². The van der Waals surface area contributed by atoms with Crippen LogP contribution in [-0.2, 0) is 0 Å². The zero-order valence-electron chi connectivity index (χ0n) is 3.19. The Kier molecular flexibility index (Phi) is 1.60. The molecule has 2 nitrogen and oxygen atoms in total. The molecule has 0 aromatic heterocycles. The van der Waals surface area contributed by atoms with Gasteiger partial charge in [0.15, 0.2) is 0 Å². The van der Waals surface area contributed by atoms with Crippen LogP contribution in [0.5, 0.6) is 0 Å². The second kappa shape index (κ2) is 1.77. The van der Waals surface area contributed by atoms with Gasteiger partial charge >= 0.3 is 0 Å². The van der Waals surface area contributed by atoms with Gasteiger partial charge in [0.1, 0.15) is 4.99 Å². The third-order valence-corrected chi connectivity index (χ3v) is 0.554. The summed E-state index contributed by atoms with van der Waals surface area (Å²) in [6.07, 6.45) is 0. The quantitative estimate of drug-likeness (QED) is 0.375. The summed E-state index contributed by atoms with van der Waals surface area (Å²) >= 11 is 4.26. The van der Waals surface area contributed by atoms with E-state index in [-0.39, 0.29) is 10.7 Å². The molecule has 0 saturated carbocycles. The summed E-state index contributed by atoms with van der Waals surface area (Å²) in [6.45, 7) is 3.20. The van der Waals surface area contributed by atoms with Gasteiger partial charge in [-0.05, 0) is 0 Å². The molecule has 6 heavy (non-hydrogen) atoms. The first-order valence-electron chi connectivity index (χ1n) is 1.35. The van der Waals surface area contributed by atoms with Crippen molar-refractivity contribution in [1.29, 1.82) is 0 Å². The maximum absolute atomic E-state index is 6.54. The van der Waals surface area contributed by atoms with Crippen molar-refractivity contribution in [3.8, 4) is 0 Å². The van der Waals surface area contributed by atoms with E-state index in [0.29, 0.717) is 0 Å². The van der Waals surface area contributed by atoms with Gasteiger partial charge in [-0.25, -0.2) is 0 Å². The van der Waals surface area contributed by atoms with Crippen molar-refractivity contribution in [3.63, 3.8) is 0 Å². The highest BCUT2D eigenvalue weighted by molar-refractivity contribution is 7.80. The molecule has 1 radical (unpaired) electrons. The van der Waals surface area contributed by atoms with Gasteiger partial charge < -0.3 is 5.73 Å². The molecule has 0 aliphatic carbocycles. The number of rotatable bonds is 1. The SMILES string of the molecule is C=C(N)C([NH])=S. The second-order valence-electron chi connectivity index (χ2n) is 0.854. The fourth-order valence-electron chi connectivity index (χ4n) is 0. The first-order valence-corrected chi connectivity index (χ1v) is 1.75. The molecule has 0 aliphatic rings. The Morgan fingerprint density at radius 1 is 1.83 bits per heavy atom. The van der Waals surface area contributed by atoms with E-state index in [1.54, 1.807) is 0 Å². The summed E-state index contributed by atoms with van der Waals surface area (Å²) in [6, 6.07) is 0. The van der Waals surface area contributed by atoms with Crippen molar-refractivity contribution in [2.24, 2.45) is 5.73 Å². The zero-order chi connectivity index (χ0) is 5.15. The molecule has 3 N–H and O–H groups in total. The molecular formula is C3H5N2S. The largest absolute Gasteiger partial charge is 0.397 e. The number of hydrogen-bond acceptors (Lipinski definition) is 2. The lowest BCUT2D eigenvalue weighted by Crippen LogP contribution is -2.06. The molecule has 0 rings (SSSR count). The molecule has 0 aromatic carbocycles.